The van der Waals surface area contributed by atoms with Gasteiger partial charge in [0.2, 0.25) is 0 Å². The van der Waals surface area contributed by atoms with Crippen molar-refractivity contribution >= 4 is 10.2 Å². The van der Waals surface area contributed by atoms with E-state index in [1.54, 1.807) is 0 Å². The second-order valence-corrected chi connectivity index (χ2v) is 5.75. The fourth-order valence-electron chi connectivity index (χ4n) is 1.63. The molecule has 0 aliphatic heterocycles. The lowest BCUT2D eigenvalue weighted by Gasteiger charge is -2.28. The zero-order chi connectivity index (χ0) is 11.5. The maximum Gasteiger partial charge on any atom is 0.0891 e. The molecule has 0 amide bonds. The lowest BCUT2D eigenvalue weighted by atomic mass is 9.85. The number of benzene rings is 1. The van der Waals surface area contributed by atoms with Gasteiger partial charge in [0.25, 0.3) is 0 Å². The first-order valence-corrected chi connectivity index (χ1v) is 7.21. The zero-order valence-electron chi connectivity index (χ0n) is 10.2. The summed E-state index contributed by atoms with van der Waals surface area (Å²) in [6, 6.07) is 9.72. The van der Waals surface area contributed by atoms with Gasteiger partial charge in [0.05, 0.1) is 5.60 Å². The Morgan fingerprint density at radius 2 is 1.80 bits per heavy atom. The minimum Gasteiger partial charge on any atom is -0.385 e. The van der Waals surface area contributed by atoms with Gasteiger partial charge in [-0.15, -0.1) is 0 Å². The highest BCUT2D eigenvalue weighted by molar-refractivity contribution is 6.08. The molecular weight excluding hydrogens is 200 g/mol. The molecule has 2 heteroatoms. The van der Waals surface area contributed by atoms with E-state index in [0.717, 1.165) is 5.56 Å². The average Bonchev–Trinajstić information content (AvgIpc) is 2.19. The summed E-state index contributed by atoms with van der Waals surface area (Å²) in [6.07, 6.45) is 1.18. The van der Waals surface area contributed by atoms with E-state index in [-0.39, 0.29) is 5.92 Å². The maximum absolute atomic E-state index is 10.3. The van der Waals surface area contributed by atoms with Crippen LogP contribution >= 0.6 is 0 Å². The molecule has 0 fully saturated rings. The third-order valence-corrected chi connectivity index (χ3v) is 3.70. The fraction of sp³-hybridized carbons (Fsp3) is 0.538. The molecule has 0 aliphatic carbocycles. The predicted octanol–water partition coefficient (Wildman–Crippen LogP) is 1.88. The quantitative estimate of drug-likeness (QED) is 0.771. The average molecular weight is 222 g/mol. The topological polar surface area (TPSA) is 20.2 Å². The maximum atomic E-state index is 10.3. The highest BCUT2D eigenvalue weighted by atomic mass is 28.1. The lowest BCUT2D eigenvalue weighted by molar-refractivity contribution is 0.00904. The molecule has 0 aliphatic rings. The first kappa shape index (κ1) is 12.5. The third kappa shape index (κ3) is 2.92. The van der Waals surface area contributed by atoms with Crippen LogP contribution in [0, 0.1) is 5.92 Å². The molecule has 0 spiro atoms. The Hall–Kier alpha value is -0.603. The molecule has 1 aromatic rings. The van der Waals surface area contributed by atoms with Crippen molar-refractivity contribution in [3.8, 4) is 0 Å². The molecule has 1 rings (SSSR count). The van der Waals surface area contributed by atoms with Crippen LogP contribution < -0.4 is 0 Å². The largest absolute Gasteiger partial charge is 0.385 e. The summed E-state index contributed by atoms with van der Waals surface area (Å²) >= 11 is 0. The van der Waals surface area contributed by atoms with Gasteiger partial charge >= 0.3 is 0 Å². The highest BCUT2D eigenvalue weighted by Gasteiger charge is 2.26. The van der Waals surface area contributed by atoms with E-state index in [1.807, 2.05) is 20.8 Å². The molecule has 0 radical (unpaired) electrons. The summed E-state index contributed by atoms with van der Waals surface area (Å²) in [6.45, 7) is 5.98. The Kier molecular flexibility index (Phi) is 4.11. The highest BCUT2D eigenvalue weighted by Crippen LogP contribution is 2.28. The first-order chi connectivity index (χ1) is 6.98. The predicted molar refractivity (Wildman–Crippen MR) is 69.3 cm³/mol. The molecule has 0 saturated carbocycles. The molecule has 1 unspecified atom stereocenters. The van der Waals surface area contributed by atoms with Crippen LogP contribution in [0.15, 0.2) is 24.3 Å². The number of aryl methyl sites for hydroxylation is 1. The normalized spacial score (nSPS) is 15.5. The van der Waals surface area contributed by atoms with Crippen LogP contribution in [0.2, 0.25) is 6.04 Å². The zero-order valence-corrected chi connectivity index (χ0v) is 12.2. The standard InChI is InChI=1S/C13H22OSi/c1-10(2)13(3,14)12-6-4-11(5-7-12)8-9-15/h4-7,10,14H,8-9H2,1-3,15H3. The Morgan fingerprint density at radius 3 is 2.20 bits per heavy atom. The van der Waals surface area contributed by atoms with Crippen molar-refractivity contribution < 1.29 is 5.11 Å². The summed E-state index contributed by atoms with van der Waals surface area (Å²) in [5, 5.41) is 10.3. The van der Waals surface area contributed by atoms with Crippen molar-refractivity contribution in [1.82, 2.24) is 0 Å². The lowest BCUT2D eigenvalue weighted by Crippen LogP contribution is -2.27. The van der Waals surface area contributed by atoms with Gasteiger partial charge in [-0.2, -0.15) is 0 Å². The van der Waals surface area contributed by atoms with Crippen LogP contribution in [0.25, 0.3) is 0 Å². The van der Waals surface area contributed by atoms with Crippen LogP contribution in [0.4, 0.5) is 0 Å². The smallest absolute Gasteiger partial charge is 0.0891 e. The van der Waals surface area contributed by atoms with Crippen molar-refractivity contribution in [1.29, 1.82) is 0 Å². The molecule has 1 N–H and O–H groups in total. The van der Waals surface area contributed by atoms with Gasteiger partial charge in [0.1, 0.15) is 0 Å². The van der Waals surface area contributed by atoms with E-state index in [1.165, 1.54) is 28.3 Å². The second kappa shape index (κ2) is 4.95. The molecule has 1 atom stereocenters. The van der Waals surface area contributed by atoms with E-state index >= 15 is 0 Å². The molecule has 84 valence electrons. The van der Waals surface area contributed by atoms with Crippen molar-refractivity contribution in [2.45, 2.75) is 38.8 Å². The van der Waals surface area contributed by atoms with Crippen molar-refractivity contribution in [3.63, 3.8) is 0 Å². The Morgan fingerprint density at radius 1 is 1.27 bits per heavy atom. The molecular formula is C13H22OSi. The van der Waals surface area contributed by atoms with Crippen molar-refractivity contribution in [2.75, 3.05) is 0 Å². The van der Waals surface area contributed by atoms with E-state index in [2.05, 4.69) is 24.3 Å². The third-order valence-electron chi connectivity index (χ3n) is 3.20. The van der Waals surface area contributed by atoms with Gasteiger partial charge in [-0.1, -0.05) is 44.2 Å². The second-order valence-electron chi connectivity index (χ2n) is 4.75. The summed E-state index contributed by atoms with van der Waals surface area (Å²) in [5.74, 6) is 0.238. The Bertz CT molecular complexity index is 301. The Balaban J connectivity index is 2.88. The SMILES string of the molecule is CC(C)C(C)(O)c1ccc(CC[SiH3])cc1. The van der Waals surface area contributed by atoms with Crippen LogP contribution in [-0.2, 0) is 12.0 Å². The molecule has 0 bridgehead atoms. The Labute approximate surface area is 96.0 Å². The van der Waals surface area contributed by atoms with E-state index < -0.39 is 5.60 Å². The van der Waals surface area contributed by atoms with Crippen LogP contribution in [0.1, 0.15) is 31.9 Å². The van der Waals surface area contributed by atoms with Gasteiger partial charge in [0.15, 0.2) is 0 Å². The van der Waals surface area contributed by atoms with Gasteiger partial charge in [-0.3, -0.25) is 0 Å². The molecule has 0 aromatic heterocycles. The molecule has 1 aromatic carbocycles. The van der Waals surface area contributed by atoms with Crippen molar-refractivity contribution in [3.05, 3.63) is 35.4 Å². The molecule has 15 heavy (non-hydrogen) atoms. The van der Waals surface area contributed by atoms with Crippen molar-refractivity contribution in [2.24, 2.45) is 5.92 Å². The molecule has 0 heterocycles. The minimum absolute atomic E-state index is 0.238. The van der Waals surface area contributed by atoms with E-state index in [0.29, 0.717) is 0 Å². The van der Waals surface area contributed by atoms with Crippen LogP contribution in [0.3, 0.4) is 0 Å². The van der Waals surface area contributed by atoms with Crippen LogP contribution in [0.5, 0.6) is 0 Å². The minimum atomic E-state index is -0.709. The number of rotatable bonds is 4. The number of hydrogen-bond acceptors (Lipinski definition) is 1. The number of aliphatic hydroxyl groups is 1. The summed E-state index contributed by atoms with van der Waals surface area (Å²) in [5.41, 5.74) is 1.70. The summed E-state index contributed by atoms with van der Waals surface area (Å²) in [4.78, 5) is 0. The monoisotopic (exact) mass is 222 g/mol. The van der Waals surface area contributed by atoms with Gasteiger partial charge in [-0.05, 0) is 30.4 Å². The van der Waals surface area contributed by atoms with Gasteiger partial charge in [-0.25, -0.2) is 0 Å². The van der Waals surface area contributed by atoms with Crippen LogP contribution in [-0.4, -0.2) is 15.3 Å². The first-order valence-electron chi connectivity index (χ1n) is 5.80. The van der Waals surface area contributed by atoms with Gasteiger partial charge in [0, 0.05) is 10.2 Å². The van der Waals surface area contributed by atoms with Gasteiger partial charge < -0.3 is 5.11 Å². The van der Waals surface area contributed by atoms with E-state index in [9.17, 15) is 5.11 Å². The number of hydrogen-bond donors (Lipinski definition) is 1. The fourth-order valence-corrected chi connectivity index (χ4v) is 2.21. The van der Waals surface area contributed by atoms with E-state index in [4.69, 9.17) is 0 Å². The summed E-state index contributed by atoms with van der Waals surface area (Å²) in [7, 11) is 1.26. The summed E-state index contributed by atoms with van der Waals surface area (Å²) < 4.78 is 0. The molecule has 1 nitrogen and oxygen atoms in total. The molecule has 0 saturated heterocycles.